The van der Waals surface area contributed by atoms with Crippen molar-refractivity contribution >= 4 is 23.3 Å². The molecule has 0 aliphatic carbocycles. The van der Waals surface area contributed by atoms with E-state index in [9.17, 15) is 4.79 Å². The first-order valence-electron chi connectivity index (χ1n) is 5.99. The lowest BCUT2D eigenvalue weighted by atomic mass is 10.1. The van der Waals surface area contributed by atoms with E-state index in [1.54, 1.807) is 18.3 Å². The van der Waals surface area contributed by atoms with E-state index < -0.39 is 0 Å². The highest BCUT2D eigenvalue weighted by atomic mass is 35.5. The third-order valence-corrected chi connectivity index (χ3v) is 2.96. The molecule has 0 unspecified atom stereocenters. The number of aromatic nitrogens is 2. The van der Waals surface area contributed by atoms with Crippen molar-refractivity contribution in [2.24, 2.45) is 0 Å². The maximum atomic E-state index is 11.5. The zero-order chi connectivity index (χ0) is 14.5. The molecule has 0 radical (unpaired) electrons. The number of halogens is 1. The monoisotopic (exact) mass is 291 g/mol. The van der Waals surface area contributed by atoms with Gasteiger partial charge in [0.1, 0.15) is 5.15 Å². The summed E-state index contributed by atoms with van der Waals surface area (Å²) in [5, 5.41) is 3.56. The summed E-state index contributed by atoms with van der Waals surface area (Å²) < 4.78 is 4.70. The Hall–Kier alpha value is -2.14. The van der Waals surface area contributed by atoms with E-state index in [0.29, 0.717) is 17.3 Å². The number of anilines is 1. The lowest BCUT2D eigenvalue weighted by Crippen LogP contribution is -2.06. The Morgan fingerprint density at radius 3 is 2.90 bits per heavy atom. The molecule has 0 aliphatic rings. The van der Waals surface area contributed by atoms with Gasteiger partial charge in [0.05, 0.1) is 37.3 Å². The first-order valence-corrected chi connectivity index (χ1v) is 6.37. The first kappa shape index (κ1) is 14.3. The Morgan fingerprint density at radius 2 is 2.20 bits per heavy atom. The molecule has 0 aliphatic heterocycles. The molecule has 2 rings (SSSR count). The minimum absolute atomic E-state index is 0.351. The number of rotatable bonds is 4. The van der Waals surface area contributed by atoms with Gasteiger partial charge in [-0.1, -0.05) is 17.7 Å². The van der Waals surface area contributed by atoms with Crippen molar-refractivity contribution in [2.75, 3.05) is 12.4 Å². The second-order valence-electron chi connectivity index (χ2n) is 4.21. The van der Waals surface area contributed by atoms with Crippen molar-refractivity contribution in [1.29, 1.82) is 0 Å². The predicted molar refractivity (Wildman–Crippen MR) is 76.9 cm³/mol. The molecule has 0 bridgehead atoms. The smallest absolute Gasteiger partial charge is 0.337 e. The van der Waals surface area contributed by atoms with Crippen molar-refractivity contribution in [3.63, 3.8) is 0 Å². The molecule has 2 aromatic rings. The van der Waals surface area contributed by atoms with E-state index in [2.05, 4.69) is 15.3 Å². The Balaban J connectivity index is 2.14. The molecule has 0 spiro atoms. The molecule has 1 heterocycles. The van der Waals surface area contributed by atoms with Crippen LogP contribution < -0.4 is 5.32 Å². The summed E-state index contributed by atoms with van der Waals surface area (Å²) in [6.45, 7) is 2.42. The van der Waals surface area contributed by atoms with Gasteiger partial charge in [0.2, 0.25) is 0 Å². The fourth-order valence-corrected chi connectivity index (χ4v) is 1.87. The van der Waals surface area contributed by atoms with E-state index in [4.69, 9.17) is 16.3 Å². The minimum Gasteiger partial charge on any atom is -0.465 e. The first-order chi connectivity index (χ1) is 9.60. The van der Waals surface area contributed by atoms with Crippen molar-refractivity contribution in [3.05, 3.63) is 52.6 Å². The zero-order valence-electron chi connectivity index (χ0n) is 11.2. The van der Waals surface area contributed by atoms with Gasteiger partial charge in [0.15, 0.2) is 0 Å². The standard InChI is InChI=1S/C14H14ClN3O2/c1-9-3-4-10(14(19)20-2)5-12(9)17-7-11-6-16-8-13(15)18-11/h3-6,8,17H,7H2,1-2H3. The Kier molecular flexibility index (Phi) is 4.53. The van der Waals surface area contributed by atoms with Crippen LogP contribution in [-0.4, -0.2) is 23.0 Å². The summed E-state index contributed by atoms with van der Waals surface area (Å²) in [4.78, 5) is 19.6. The van der Waals surface area contributed by atoms with Crippen LogP contribution in [0.2, 0.25) is 5.15 Å². The van der Waals surface area contributed by atoms with Crippen LogP contribution in [0.15, 0.2) is 30.6 Å². The lowest BCUT2D eigenvalue weighted by Gasteiger charge is -2.10. The Bertz CT molecular complexity index is 632. The topological polar surface area (TPSA) is 64.1 Å². The summed E-state index contributed by atoms with van der Waals surface area (Å²) >= 11 is 5.78. The van der Waals surface area contributed by atoms with Crippen LogP contribution in [0.3, 0.4) is 0 Å². The van der Waals surface area contributed by atoms with Gasteiger partial charge >= 0.3 is 5.97 Å². The van der Waals surface area contributed by atoms with Gasteiger partial charge in [-0.2, -0.15) is 0 Å². The molecule has 5 nitrogen and oxygen atoms in total. The molecule has 0 atom stereocenters. The van der Waals surface area contributed by atoms with Gasteiger partial charge < -0.3 is 10.1 Å². The second kappa shape index (κ2) is 6.34. The Morgan fingerprint density at radius 1 is 1.40 bits per heavy atom. The molecular formula is C14H14ClN3O2. The van der Waals surface area contributed by atoms with Crippen LogP contribution >= 0.6 is 11.6 Å². The molecule has 0 saturated carbocycles. The lowest BCUT2D eigenvalue weighted by molar-refractivity contribution is 0.0601. The highest BCUT2D eigenvalue weighted by molar-refractivity contribution is 6.29. The van der Waals surface area contributed by atoms with Gasteiger partial charge in [-0.25, -0.2) is 9.78 Å². The molecule has 20 heavy (non-hydrogen) atoms. The zero-order valence-corrected chi connectivity index (χ0v) is 11.9. The average molecular weight is 292 g/mol. The van der Waals surface area contributed by atoms with Gasteiger partial charge in [-0.15, -0.1) is 0 Å². The maximum Gasteiger partial charge on any atom is 0.337 e. The number of esters is 1. The van der Waals surface area contributed by atoms with Crippen molar-refractivity contribution in [2.45, 2.75) is 13.5 Å². The maximum absolute atomic E-state index is 11.5. The molecule has 1 N–H and O–H groups in total. The van der Waals surface area contributed by atoms with Gasteiger partial charge in [-0.05, 0) is 24.6 Å². The van der Waals surface area contributed by atoms with E-state index >= 15 is 0 Å². The van der Waals surface area contributed by atoms with Gasteiger partial charge in [0.25, 0.3) is 0 Å². The molecule has 1 aromatic heterocycles. The Labute approximate surface area is 122 Å². The molecule has 6 heteroatoms. The average Bonchev–Trinajstić information content (AvgIpc) is 2.45. The largest absolute Gasteiger partial charge is 0.465 e. The van der Waals surface area contributed by atoms with Crippen molar-refractivity contribution in [1.82, 2.24) is 9.97 Å². The quantitative estimate of drug-likeness (QED) is 0.878. The second-order valence-corrected chi connectivity index (χ2v) is 4.60. The van der Waals surface area contributed by atoms with E-state index in [1.807, 2.05) is 13.0 Å². The number of benzene rings is 1. The minimum atomic E-state index is -0.365. The molecule has 0 fully saturated rings. The fourth-order valence-electron chi connectivity index (χ4n) is 1.71. The third-order valence-electron chi connectivity index (χ3n) is 2.77. The number of aryl methyl sites for hydroxylation is 1. The summed E-state index contributed by atoms with van der Waals surface area (Å²) in [7, 11) is 1.36. The number of hydrogen-bond acceptors (Lipinski definition) is 5. The number of hydrogen-bond donors (Lipinski definition) is 1. The number of ether oxygens (including phenoxy) is 1. The van der Waals surface area contributed by atoms with Crippen molar-refractivity contribution in [3.8, 4) is 0 Å². The van der Waals surface area contributed by atoms with Crippen LogP contribution in [-0.2, 0) is 11.3 Å². The van der Waals surface area contributed by atoms with Crippen LogP contribution in [0.1, 0.15) is 21.6 Å². The summed E-state index contributed by atoms with van der Waals surface area (Å²) in [5.74, 6) is -0.365. The van der Waals surface area contributed by atoms with Crippen LogP contribution in [0.5, 0.6) is 0 Å². The molecule has 104 valence electrons. The molecule has 1 aromatic carbocycles. The number of carbonyl (C=O) groups is 1. The highest BCUT2D eigenvalue weighted by Gasteiger charge is 2.08. The van der Waals surface area contributed by atoms with Crippen LogP contribution in [0.25, 0.3) is 0 Å². The van der Waals surface area contributed by atoms with Crippen molar-refractivity contribution < 1.29 is 9.53 Å². The molecule has 0 amide bonds. The molecular weight excluding hydrogens is 278 g/mol. The number of methoxy groups -OCH3 is 1. The summed E-state index contributed by atoms with van der Waals surface area (Å²) in [6.07, 6.45) is 3.12. The van der Waals surface area contributed by atoms with Crippen LogP contribution in [0.4, 0.5) is 5.69 Å². The number of carbonyl (C=O) groups excluding carboxylic acids is 1. The van der Waals surface area contributed by atoms with Gasteiger partial charge in [-0.3, -0.25) is 4.98 Å². The molecule has 0 saturated heterocycles. The third kappa shape index (κ3) is 3.45. The summed E-state index contributed by atoms with van der Waals surface area (Å²) in [6, 6.07) is 5.34. The highest BCUT2D eigenvalue weighted by Crippen LogP contribution is 2.18. The predicted octanol–water partition coefficient (Wildman–Crippen LogP) is 2.84. The van der Waals surface area contributed by atoms with E-state index in [0.717, 1.165) is 16.9 Å². The number of nitrogens with zero attached hydrogens (tertiary/aromatic N) is 2. The number of nitrogens with one attached hydrogen (secondary N) is 1. The van der Waals surface area contributed by atoms with E-state index in [1.165, 1.54) is 13.3 Å². The summed E-state index contributed by atoms with van der Waals surface area (Å²) in [5.41, 5.74) is 3.08. The van der Waals surface area contributed by atoms with Crippen LogP contribution in [0, 0.1) is 6.92 Å². The fraction of sp³-hybridized carbons (Fsp3) is 0.214. The SMILES string of the molecule is COC(=O)c1ccc(C)c(NCc2cncc(Cl)n2)c1. The van der Waals surface area contributed by atoms with E-state index in [-0.39, 0.29) is 5.97 Å². The van der Waals surface area contributed by atoms with Gasteiger partial charge in [0, 0.05) is 5.69 Å². The normalized spacial score (nSPS) is 10.2.